The Balaban J connectivity index is 2.19. The lowest BCUT2D eigenvalue weighted by Gasteiger charge is -2.08. The minimum Gasteiger partial charge on any atom is -0.298 e. The van der Waals surface area contributed by atoms with Crippen LogP contribution < -0.4 is 0 Å². The summed E-state index contributed by atoms with van der Waals surface area (Å²) >= 11 is 6.33. The minimum absolute atomic E-state index is 0.407. The van der Waals surface area contributed by atoms with Gasteiger partial charge in [-0.25, -0.2) is 4.68 Å². The first-order chi connectivity index (χ1) is 9.11. The molecule has 0 aliphatic heterocycles. The van der Waals surface area contributed by atoms with Crippen LogP contribution in [-0.4, -0.2) is 16.1 Å². The second-order valence-electron chi connectivity index (χ2n) is 5.18. The van der Waals surface area contributed by atoms with Gasteiger partial charge in [0.05, 0.1) is 16.9 Å². The molecule has 0 amide bonds. The van der Waals surface area contributed by atoms with E-state index in [1.807, 2.05) is 26.0 Å². The van der Waals surface area contributed by atoms with E-state index in [2.05, 4.69) is 11.2 Å². The lowest BCUT2D eigenvalue weighted by atomic mass is 10.1. The molecular formula is C15H15ClN2O. The Hall–Kier alpha value is -1.61. The second-order valence-corrected chi connectivity index (χ2v) is 5.54. The molecule has 1 fully saturated rings. The van der Waals surface area contributed by atoms with E-state index in [4.69, 9.17) is 11.6 Å². The fourth-order valence-corrected chi connectivity index (χ4v) is 2.57. The van der Waals surface area contributed by atoms with Gasteiger partial charge >= 0.3 is 0 Å². The molecule has 19 heavy (non-hydrogen) atoms. The van der Waals surface area contributed by atoms with E-state index >= 15 is 0 Å². The van der Waals surface area contributed by atoms with E-state index < -0.39 is 0 Å². The third-order valence-corrected chi connectivity index (χ3v) is 3.93. The molecule has 0 bridgehead atoms. The molecule has 1 aliphatic carbocycles. The Morgan fingerprint density at radius 1 is 1.37 bits per heavy atom. The fourth-order valence-electron chi connectivity index (χ4n) is 2.30. The highest BCUT2D eigenvalue weighted by molar-refractivity contribution is 6.32. The lowest BCUT2D eigenvalue weighted by molar-refractivity contribution is 0.112. The summed E-state index contributed by atoms with van der Waals surface area (Å²) in [4.78, 5) is 11.2. The molecule has 0 atom stereocenters. The maximum Gasteiger partial charge on any atom is 0.155 e. The number of hydrogen-bond donors (Lipinski definition) is 0. The standard InChI is InChI=1S/C15H15ClN2O/c1-9-3-4-10(2)13(7-9)18-15(16)12(8-19)14(17-18)11-5-6-11/h3-4,7-8,11H,5-6H2,1-2H3. The van der Waals surface area contributed by atoms with Gasteiger partial charge in [-0.05, 0) is 43.9 Å². The Morgan fingerprint density at radius 3 is 2.74 bits per heavy atom. The first-order valence-electron chi connectivity index (χ1n) is 6.43. The number of aromatic nitrogens is 2. The molecule has 3 nitrogen and oxygen atoms in total. The van der Waals surface area contributed by atoms with Gasteiger partial charge in [-0.3, -0.25) is 4.79 Å². The predicted molar refractivity (Wildman–Crippen MR) is 75.4 cm³/mol. The quantitative estimate of drug-likeness (QED) is 0.797. The molecule has 1 aliphatic rings. The van der Waals surface area contributed by atoms with Crippen molar-refractivity contribution in [3.05, 3.63) is 45.7 Å². The highest BCUT2D eigenvalue weighted by Gasteiger charge is 2.31. The average molecular weight is 275 g/mol. The number of benzene rings is 1. The number of carbonyl (C=O) groups excluding carboxylic acids is 1. The Labute approximate surface area is 117 Å². The Morgan fingerprint density at radius 2 is 2.11 bits per heavy atom. The number of aldehydes is 1. The summed E-state index contributed by atoms with van der Waals surface area (Å²) in [5.74, 6) is 0.407. The molecule has 1 saturated carbocycles. The molecule has 1 aromatic carbocycles. The van der Waals surface area contributed by atoms with Gasteiger partial charge in [0, 0.05) is 5.92 Å². The monoisotopic (exact) mass is 274 g/mol. The number of halogens is 1. The van der Waals surface area contributed by atoms with Crippen molar-refractivity contribution in [1.82, 2.24) is 9.78 Å². The summed E-state index contributed by atoms with van der Waals surface area (Å²) in [6, 6.07) is 6.14. The van der Waals surface area contributed by atoms with E-state index in [1.54, 1.807) is 4.68 Å². The smallest absolute Gasteiger partial charge is 0.155 e. The number of nitrogens with zero attached hydrogens (tertiary/aromatic N) is 2. The number of rotatable bonds is 3. The number of hydrogen-bond acceptors (Lipinski definition) is 2. The van der Waals surface area contributed by atoms with Crippen LogP contribution in [0.3, 0.4) is 0 Å². The highest BCUT2D eigenvalue weighted by atomic mass is 35.5. The van der Waals surface area contributed by atoms with Crippen LogP contribution in [0.5, 0.6) is 0 Å². The van der Waals surface area contributed by atoms with Crippen LogP contribution in [0.2, 0.25) is 5.15 Å². The van der Waals surface area contributed by atoms with Crippen molar-refractivity contribution in [2.75, 3.05) is 0 Å². The topological polar surface area (TPSA) is 34.9 Å². The maximum absolute atomic E-state index is 11.2. The van der Waals surface area contributed by atoms with Gasteiger partial charge in [-0.2, -0.15) is 5.10 Å². The van der Waals surface area contributed by atoms with Crippen LogP contribution in [0.25, 0.3) is 5.69 Å². The largest absolute Gasteiger partial charge is 0.298 e. The normalized spacial score (nSPS) is 14.7. The van der Waals surface area contributed by atoms with Gasteiger partial charge < -0.3 is 0 Å². The van der Waals surface area contributed by atoms with Crippen LogP contribution in [-0.2, 0) is 0 Å². The van der Waals surface area contributed by atoms with Crippen LogP contribution in [0.4, 0.5) is 0 Å². The zero-order valence-corrected chi connectivity index (χ0v) is 11.7. The van der Waals surface area contributed by atoms with Crippen molar-refractivity contribution in [2.45, 2.75) is 32.6 Å². The zero-order chi connectivity index (χ0) is 13.6. The summed E-state index contributed by atoms with van der Waals surface area (Å²) in [5, 5.41) is 4.99. The molecule has 98 valence electrons. The van der Waals surface area contributed by atoms with Crippen molar-refractivity contribution in [3.63, 3.8) is 0 Å². The number of aryl methyl sites for hydroxylation is 2. The summed E-state index contributed by atoms with van der Waals surface area (Å²) in [7, 11) is 0. The van der Waals surface area contributed by atoms with Crippen molar-refractivity contribution in [2.24, 2.45) is 0 Å². The summed E-state index contributed by atoms with van der Waals surface area (Å²) < 4.78 is 1.70. The Bertz CT molecular complexity index is 656. The SMILES string of the molecule is Cc1ccc(C)c(-n2nc(C3CC3)c(C=O)c2Cl)c1. The summed E-state index contributed by atoms with van der Waals surface area (Å²) in [5.41, 5.74) is 4.58. The van der Waals surface area contributed by atoms with Gasteiger partial charge in [0.2, 0.25) is 0 Å². The van der Waals surface area contributed by atoms with Crippen LogP contribution in [0.1, 0.15) is 45.9 Å². The molecule has 1 aromatic heterocycles. The van der Waals surface area contributed by atoms with E-state index in [0.29, 0.717) is 16.6 Å². The Kier molecular flexibility index (Phi) is 2.94. The van der Waals surface area contributed by atoms with Gasteiger partial charge in [0.15, 0.2) is 6.29 Å². The van der Waals surface area contributed by atoms with Gasteiger partial charge in [0.25, 0.3) is 0 Å². The fraction of sp³-hybridized carbons (Fsp3) is 0.333. The van der Waals surface area contributed by atoms with E-state index in [0.717, 1.165) is 41.6 Å². The second kappa shape index (κ2) is 4.49. The van der Waals surface area contributed by atoms with Crippen molar-refractivity contribution in [3.8, 4) is 5.69 Å². The first-order valence-corrected chi connectivity index (χ1v) is 6.81. The van der Waals surface area contributed by atoms with Gasteiger partial charge in [-0.1, -0.05) is 23.7 Å². The van der Waals surface area contributed by atoms with Crippen LogP contribution >= 0.6 is 11.6 Å². The molecule has 4 heteroatoms. The minimum atomic E-state index is 0.407. The molecule has 0 radical (unpaired) electrons. The average Bonchev–Trinajstić information content (AvgIpc) is 3.17. The molecule has 0 spiro atoms. The molecule has 0 N–H and O–H groups in total. The maximum atomic E-state index is 11.2. The van der Waals surface area contributed by atoms with E-state index in [9.17, 15) is 4.79 Å². The third kappa shape index (κ3) is 2.08. The van der Waals surface area contributed by atoms with Crippen molar-refractivity contribution < 1.29 is 4.79 Å². The third-order valence-electron chi connectivity index (χ3n) is 3.57. The molecular weight excluding hydrogens is 260 g/mol. The summed E-state index contributed by atoms with van der Waals surface area (Å²) in [6.45, 7) is 4.05. The molecule has 2 aromatic rings. The van der Waals surface area contributed by atoms with E-state index in [-0.39, 0.29) is 0 Å². The molecule has 3 rings (SSSR count). The molecule has 0 saturated heterocycles. The highest BCUT2D eigenvalue weighted by Crippen LogP contribution is 2.42. The van der Waals surface area contributed by atoms with Crippen LogP contribution in [0, 0.1) is 13.8 Å². The first kappa shape index (κ1) is 12.4. The predicted octanol–water partition coefficient (Wildman–Crippen LogP) is 3.83. The number of carbonyl (C=O) groups is 1. The lowest BCUT2D eigenvalue weighted by Crippen LogP contribution is -2.00. The molecule has 1 heterocycles. The molecule has 0 unspecified atom stereocenters. The van der Waals surface area contributed by atoms with Gasteiger partial charge in [0.1, 0.15) is 5.15 Å². The van der Waals surface area contributed by atoms with E-state index in [1.165, 1.54) is 0 Å². The summed E-state index contributed by atoms with van der Waals surface area (Å²) in [6.07, 6.45) is 3.02. The van der Waals surface area contributed by atoms with Gasteiger partial charge in [-0.15, -0.1) is 0 Å². The van der Waals surface area contributed by atoms with Crippen molar-refractivity contribution >= 4 is 17.9 Å². The van der Waals surface area contributed by atoms with Crippen LogP contribution in [0.15, 0.2) is 18.2 Å². The zero-order valence-electron chi connectivity index (χ0n) is 11.0. The van der Waals surface area contributed by atoms with Crippen molar-refractivity contribution in [1.29, 1.82) is 0 Å².